The van der Waals surface area contributed by atoms with E-state index in [1.54, 1.807) is 0 Å². The number of alkyl halides is 3. The molecule has 0 radical (unpaired) electrons. The molecule has 0 amide bonds. The van der Waals surface area contributed by atoms with Crippen LogP contribution in [0.3, 0.4) is 0 Å². The van der Waals surface area contributed by atoms with Gasteiger partial charge in [0.05, 0.1) is 6.42 Å². The van der Waals surface area contributed by atoms with Crippen LogP contribution in [-0.2, 0) is 6.54 Å². The summed E-state index contributed by atoms with van der Waals surface area (Å²) in [5, 5.41) is 0. The van der Waals surface area contributed by atoms with Gasteiger partial charge in [0.25, 0.3) is 5.56 Å². The molecule has 0 spiro atoms. The van der Waals surface area contributed by atoms with E-state index in [0.717, 1.165) is 4.57 Å². The fraction of sp³-hybridized carbons (Fsp3) is 0.375. The van der Waals surface area contributed by atoms with E-state index in [2.05, 4.69) is 15.9 Å². The van der Waals surface area contributed by atoms with E-state index in [1.165, 1.54) is 18.3 Å². The van der Waals surface area contributed by atoms with Crippen molar-refractivity contribution in [2.45, 2.75) is 19.1 Å². The first-order valence-corrected chi connectivity index (χ1v) is 4.60. The summed E-state index contributed by atoms with van der Waals surface area (Å²) in [6, 6.07) is 2.76. The Labute approximate surface area is 86.5 Å². The van der Waals surface area contributed by atoms with Crippen LogP contribution in [0.5, 0.6) is 0 Å². The summed E-state index contributed by atoms with van der Waals surface area (Å²) in [4.78, 5) is 11.1. The van der Waals surface area contributed by atoms with Crippen LogP contribution in [0, 0.1) is 0 Å². The average molecular weight is 270 g/mol. The first-order valence-electron chi connectivity index (χ1n) is 3.81. The number of pyridine rings is 1. The van der Waals surface area contributed by atoms with E-state index in [0.29, 0.717) is 4.47 Å². The van der Waals surface area contributed by atoms with Crippen molar-refractivity contribution < 1.29 is 13.2 Å². The van der Waals surface area contributed by atoms with E-state index in [4.69, 9.17) is 0 Å². The van der Waals surface area contributed by atoms with Crippen molar-refractivity contribution in [2.24, 2.45) is 0 Å². The second kappa shape index (κ2) is 4.16. The zero-order valence-electron chi connectivity index (χ0n) is 7.01. The van der Waals surface area contributed by atoms with Gasteiger partial charge in [0, 0.05) is 23.3 Å². The number of halogens is 4. The summed E-state index contributed by atoms with van der Waals surface area (Å²) in [6.45, 7) is -0.338. The maximum atomic E-state index is 11.8. The van der Waals surface area contributed by atoms with Crippen LogP contribution < -0.4 is 5.56 Å². The van der Waals surface area contributed by atoms with E-state index in [9.17, 15) is 18.0 Å². The van der Waals surface area contributed by atoms with Crippen molar-refractivity contribution in [3.63, 3.8) is 0 Å². The molecule has 0 saturated carbocycles. The zero-order chi connectivity index (χ0) is 10.8. The highest BCUT2D eigenvalue weighted by atomic mass is 79.9. The summed E-state index contributed by atoms with van der Waals surface area (Å²) in [6.07, 6.45) is -3.89. The Bertz CT molecular complexity index is 372. The van der Waals surface area contributed by atoms with Crippen molar-refractivity contribution in [2.75, 3.05) is 0 Å². The number of hydrogen-bond donors (Lipinski definition) is 0. The van der Waals surface area contributed by atoms with Gasteiger partial charge in [-0.05, 0) is 6.07 Å². The second-order valence-electron chi connectivity index (χ2n) is 2.74. The molecule has 0 fully saturated rings. The summed E-state index contributed by atoms with van der Waals surface area (Å²) < 4.78 is 37.1. The van der Waals surface area contributed by atoms with Crippen LogP contribution in [0.15, 0.2) is 27.6 Å². The van der Waals surface area contributed by atoms with Gasteiger partial charge in [0.1, 0.15) is 0 Å². The average Bonchev–Trinajstić information content (AvgIpc) is 2.00. The van der Waals surface area contributed by atoms with E-state index < -0.39 is 18.2 Å². The minimum Gasteiger partial charge on any atom is -0.315 e. The van der Waals surface area contributed by atoms with Crippen molar-refractivity contribution in [3.05, 3.63) is 33.2 Å². The fourth-order valence-corrected chi connectivity index (χ4v) is 1.23. The van der Waals surface area contributed by atoms with Gasteiger partial charge in [0.15, 0.2) is 0 Å². The monoisotopic (exact) mass is 269 g/mol. The Morgan fingerprint density at radius 1 is 1.43 bits per heavy atom. The molecule has 0 N–H and O–H groups in total. The maximum Gasteiger partial charge on any atom is 0.390 e. The van der Waals surface area contributed by atoms with Crippen LogP contribution in [0.1, 0.15) is 6.42 Å². The molecule has 0 aliphatic carbocycles. The Morgan fingerprint density at radius 3 is 2.57 bits per heavy atom. The highest BCUT2D eigenvalue weighted by Gasteiger charge is 2.26. The molecule has 1 aromatic heterocycles. The van der Waals surface area contributed by atoms with Gasteiger partial charge in [-0.15, -0.1) is 0 Å². The molecule has 78 valence electrons. The van der Waals surface area contributed by atoms with Crippen LogP contribution in [0.4, 0.5) is 13.2 Å². The normalized spacial score (nSPS) is 11.7. The van der Waals surface area contributed by atoms with Crippen LogP contribution in [0.25, 0.3) is 0 Å². The summed E-state index contributed by atoms with van der Waals surface area (Å²) in [7, 11) is 0. The molecule has 1 aromatic rings. The largest absolute Gasteiger partial charge is 0.390 e. The SMILES string of the molecule is O=c1cc(Br)ccn1CCC(F)(F)F. The predicted molar refractivity (Wildman–Crippen MR) is 49.1 cm³/mol. The Kier molecular flexibility index (Phi) is 3.36. The molecule has 0 aromatic carbocycles. The highest BCUT2D eigenvalue weighted by molar-refractivity contribution is 9.10. The Balaban J connectivity index is 2.74. The van der Waals surface area contributed by atoms with Gasteiger partial charge in [0.2, 0.25) is 0 Å². The summed E-state index contributed by atoms with van der Waals surface area (Å²) in [5.74, 6) is 0. The number of hydrogen-bond acceptors (Lipinski definition) is 1. The second-order valence-corrected chi connectivity index (χ2v) is 3.66. The Hall–Kier alpha value is -0.780. The quantitative estimate of drug-likeness (QED) is 0.809. The first kappa shape index (κ1) is 11.3. The first-order chi connectivity index (χ1) is 6.38. The lowest BCUT2D eigenvalue weighted by Gasteiger charge is -2.07. The lowest BCUT2D eigenvalue weighted by Crippen LogP contribution is -2.21. The minimum atomic E-state index is -4.23. The fourth-order valence-electron chi connectivity index (χ4n) is 0.916. The molecule has 1 rings (SSSR count). The van der Waals surface area contributed by atoms with Crippen LogP contribution in [-0.4, -0.2) is 10.7 Å². The summed E-state index contributed by atoms with van der Waals surface area (Å²) >= 11 is 3.05. The lowest BCUT2D eigenvalue weighted by molar-refractivity contribution is -0.136. The molecule has 6 heteroatoms. The molecular formula is C8H7BrF3NO. The van der Waals surface area contributed by atoms with Gasteiger partial charge < -0.3 is 4.57 Å². The van der Waals surface area contributed by atoms with E-state index >= 15 is 0 Å². The zero-order valence-corrected chi connectivity index (χ0v) is 8.60. The maximum absolute atomic E-state index is 11.8. The number of nitrogens with zero attached hydrogens (tertiary/aromatic N) is 1. The van der Waals surface area contributed by atoms with Crippen LogP contribution in [0.2, 0.25) is 0 Å². The number of aromatic nitrogens is 1. The van der Waals surface area contributed by atoms with Gasteiger partial charge in [-0.1, -0.05) is 15.9 Å². The topological polar surface area (TPSA) is 22.0 Å². The van der Waals surface area contributed by atoms with Crippen molar-refractivity contribution in [3.8, 4) is 0 Å². The molecule has 0 aliphatic heterocycles. The molecule has 1 heterocycles. The molecule has 0 bridgehead atoms. The third kappa shape index (κ3) is 3.53. The van der Waals surface area contributed by atoms with E-state index in [-0.39, 0.29) is 6.54 Å². The minimum absolute atomic E-state index is 0.338. The Morgan fingerprint density at radius 2 is 2.07 bits per heavy atom. The smallest absolute Gasteiger partial charge is 0.315 e. The van der Waals surface area contributed by atoms with Crippen LogP contribution >= 0.6 is 15.9 Å². The number of rotatable bonds is 2. The van der Waals surface area contributed by atoms with Gasteiger partial charge >= 0.3 is 6.18 Å². The molecule has 2 nitrogen and oxygen atoms in total. The lowest BCUT2D eigenvalue weighted by atomic mass is 10.4. The van der Waals surface area contributed by atoms with Crippen molar-refractivity contribution in [1.82, 2.24) is 4.57 Å². The van der Waals surface area contributed by atoms with Crippen molar-refractivity contribution >= 4 is 15.9 Å². The van der Waals surface area contributed by atoms with Crippen molar-refractivity contribution in [1.29, 1.82) is 0 Å². The van der Waals surface area contributed by atoms with E-state index in [1.807, 2.05) is 0 Å². The predicted octanol–water partition coefficient (Wildman–Crippen LogP) is 2.56. The molecular weight excluding hydrogens is 263 g/mol. The molecule has 0 saturated heterocycles. The molecule has 0 unspecified atom stereocenters. The van der Waals surface area contributed by atoms with Gasteiger partial charge in [-0.2, -0.15) is 13.2 Å². The highest BCUT2D eigenvalue weighted by Crippen LogP contribution is 2.19. The van der Waals surface area contributed by atoms with Gasteiger partial charge in [-0.3, -0.25) is 4.79 Å². The molecule has 0 aliphatic rings. The number of aryl methyl sites for hydroxylation is 1. The van der Waals surface area contributed by atoms with Gasteiger partial charge in [-0.25, -0.2) is 0 Å². The standard InChI is InChI=1S/C8H7BrF3NO/c9-6-1-3-13(7(14)5-6)4-2-8(10,11)12/h1,3,5H,2,4H2. The molecule has 14 heavy (non-hydrogen) atoms. The molecule has 0 atom stereocenters. The third-order valence-corrected chi connectivity index (χ3v) is 2.09. The third-order valence-electron chi connectivity index (χ3n) is 1.59. The summed E-state index contributed by atoms with van der Waals surface area (Å²) in [5.41, 5.74) is -0.441.